The number of nitrogens with zero attached hydrogens (tertiary/aromatic N) is 1. The highest BCUT2D eigenvalue weighted by atomic mass is 15.1. The predicted octanol–water partition coefficient (Wildman–Crippen LogP) is 3.25. The van der Waals surface area contributed by atoms with E-state index < -0.39 is 0 Å². The molecular weight excluding hydrogens is 232 g/mol. The summed E-state index contributed by atoms with van der Waals surface area (Å²) in [6, 6.07) is 19.2. The molecule has 2 nitrogen and oxygen atoms in total. The van der Waals surface area contributed by atoms with Gasteiger partial charge in [0.2, 0.25) is 0 Å². The van der Waals surface area contributed by atoms with Crippen molar-refractivity contribution in [1.29, 1.82) is 0 Å². The van der Waals surface area contributed by atoms with Gasteiger partial charge in [0.05, 0.1) is 0 Å². The standard InChI is InChI=1S/C17H22N2/c1-19(2)13-12-18-17-11-7-6-10-16(17)14-15-8-4-3-5-9-15/h3-11,18H,12-14H2,1-2H3. The molecule has 2 aromatic rings. The van der Waals surface area contributed by atoms with Crippen LogP contribution in [-0.2, 0) is 6.42 Å². The Labute approximate surface area is 116 Å². The molecule has 0 amide bonds. The van der Waals surface area contributed by atoms with Crippen LogP contribution in [0.4, 0.5) is 5.69 Å². The highest BCUT2D eigenvalue weighted by Gasteiger charge is 2.02. The average molecular weight is 254 g/mol. The maximum Gasteiger partial charge on any atom is 0.0376 e. The molecule has 0 aliphatic carbocycles. The average Bonchev–Trinajstić information content (AvgIpc) is 2.41. The van der Waals surface area contributed by atoms with Gasteiger partial charge in [0.25, 0.3) is 0 Å². The molecule has 0 unspecified atom stereocenters. The quantitative estimate of drug-likeness (QED) is 0.851. The van der Waals surface area contributed by atoms with Crippen LogP contribution >= 0.6 is 0 Å². The van der Waals surface area contributed by atoms with Gasteiger partial charge in [0.15, 0.2) is 0 Å². The third-order valence-electron chi connectivity index (χ3n) is 3.13. The lowest BCUT2D eigenvalue weighted by atomic mass is 10.0. The van der Waals surface area contributed by atoms with Crippen molar-refractivity contribution >= 4 is 5.69 Å². The lowest BCUT2D eigenvalue weighted by Gasteiger charge is -2.14. The largest absolute Gasteiger partial charge is 0.384 e. The first-order valence-corrected chi connectivity index (χ1v) is 6.76. The Hall–Kier alpha value is -1.80. The Morgan fingerprint density at radius 2 is 1.58 bits per heavy atom. The number of rotatable bonds is 6. The van der Waals surface area contributed by atoms with Crippen molar-refractivity contribution in [2.45, 2.75) is 6.42 Å². The summed E-state index contributed by atoms with van der Waals surface area (Å²) in [6.07, 6.45) is 0.978. The maximum atomic E-state index is 3.52. The van der Waals surface area contributed by atoms with Crippen molar-refractivity contribution in [1.82, 2.24) is 4.90 Å². The molecule has 0 saturated heterocycles. The van der Waals surface area contributed by atoms with Gasteiger partial charge < -0.3 is 10.2 Å². The van der Waals surface area contributed by atoms with Gasteiger partial charge in [0, 0.05) is 18.8 Å². The Morgan fingerprint density at radius 1 is 0.895 bits per heavy atom. The zero-order valence-electron chi connectivity index (χ0n) is 11.8. The van der Waals surface area contributed by atoms with Crippen LogP contribution in [0, 0.1) is 0 Å². The molecule has 0 saturated carbocycles. The zero-order valence-corrected chi connectivity index (χ0v) is 11.8. The molecule has 0 atom stereocenters. The minimum atomic E-state index is 0.971. The minimum absolute atomic E-state index is 0.971. The summed E-state index contributed by atoms with van der Waals surface area (Å²) in [5, 5.41) is 3.52. The molecule has 2 aromatic carbocycles. The Kier molecular flexibility index (Phi) is 4.99. The van der Waals surface area contributed by atoms with Gasteiger partial charge in [-0.05, 0) is 37.7 Å². The summed E-state index contributed by atoms with van der Waals surface area (Å²) in [6.45, 7) is 2.01. The summed E-state index contributed by atoms with van der Waals surface area (Å²) in [5.41, 5.74) is 3.95. The third-order valence-corrected chi connectivity index (χ3v) is 3.13. The molecule has 2 heteroatoms. The Morgan fingerprint density at radius 3 is 2.32 bits per heavy atom. The molecule has 2 rings (SSSR count). The first-order chi connectivity index (χ1) is 9.25. The van der Waals surface area contributed by atoms with Crippen molar-refractivity contribution in [3.05, 3.63) is 65.7 Å². The molecule has 1 N–H and O–H groups in total. The normalized spacial score (nSPS) is 10.7. The molecule has 0 fully saturated rings. The van der Waals surface area contributed by atoms with E-state index >= 15 is 0 Å². The van der Waals surface area contributed by atoms with Crippen LogP contribution in [0.15, 0.2) is 54.6 Å². The van der Waals surface area contributed by atoms with E-state index in [9.17, 15) is 0 Å². The summed E-state index contributed by atoms with van der Waals surface area (Å²) >= 11 is 0. The van der Waals surface area contributed by atoms with Crippen molar-refractivity contribution < 1.29 is 0 Å². The summed E-state index contributed by atoms with van der Waals surface area (Å²) < 4.78 is 0. The fraction of sp³-hybridized carbons (Fsp3) is 0.294. The van der Waals surface area contributed by atoms with Crippen LogP contribution in [0.5, 0.6) is 0 Å². The molecule has 100 valence electrons. The van der Waals surface area contributed by atoms with Crippen molar-refractivity contribution in [3.63, 3.8) is 0 Å². The van der Waals surface area contributed by atoms with Crippen molar-refractivity contribution in [3.8, 4) is 0 Å². The van der Waals surface area contributed by atoms with Gasteiger partial charge >= 0.3 is 0 Å². The van der Waals surface area contributed by atoms with Gasteiger partial charge in [-0.2, -0.15) is 0 Å². The predicted molar refractivity (Wildman–Crippen MR) is 82.7 cm³/mol. The van der Waals surface area contributed by atoms with E-state index in [-0.39, 0.29) is 0 Å². The van der Waals surface area contributed by atoms with E-state index in [2.05, 4.69) is 78.9 Å². The second kappa shape index (κ2) is 6.95. The zero-order chi connectivity index (χ0) is 13.5. The Bertz CT molecular complexity index is 492. The number of benzene rings is 2. The molecule has 0 aliphatic heterocycles. The molecule has 19 heavy (non-hydrogen) atoms. The van der Waals surface area contributed by atoms with Gasteiger partial charge in [-0.3, -0.25) is 0 Å². The number of anilines is 1. The summed E-state index contributed by atoms with van der Waals surface area (Å²) in [4.78, 5) is 2.19. The van der Waals surface area contributed by atoms with Gasteiger partial charge in [-0.1, -0.05) is 48.5 Å². The first kappa shape index (κ1) is 13.6. The maximum absolute atomic E-state index is 3.52. The van der Waals surface area contributed by atoms with E-state index in [4.69, 9.17) is 0 Å². The molecule has 0 heterocycles. The van der Waals surface area contributed by atoms with Crippen LogP contribution < -0.4 is 5.32 Å². The smallest absolute Gasteiger partial charge is 0.0376 e. The van der Waals surface area contributed by atoms with Gasteiger partial charge in [0.1, 0.15) is 0 Å². The van der Waals surface area contributed by atoms with Gasteiger partial charge in [-0.15, -0.1) is 0 Å². The van der Waals surface area contributed by atoms with E-state index in [1.165, 1.54) is 16.8 Å². The van der Waals surface area contributed by atoms with Crippen LogP contribution in [0.3, 0.4) is 0 Å². The fourth-order valence-corrected chi connectivity index (χ4v) is 2.08. The lowest BCUT2D eigenvalue weighted by molar-refractivity contribution is 0.425. The van der Waals surface area contributed by atoms with Crippen LogP contribution in [0.1, 0.15) is 11.1 Å². The summed E-state index contributed by atoms with van der Waals surface area (Å²) in [7, 11) is 4.19. The molecule has 0 aromatic heterocycles. The van der Waals surface area contributed by atoms with E-state index in [1.54, 1.807) is 0 Å². The van der Waals surface area contributed by atoms with Crippen LogP contribution in [-0.4, -0.2) is 32.1 Å². The van der Waals surface area contributed by atoms with E-state index in [1.807, 2.05) is 0 Å². The minimum Gasteiger partial charge on any atom is -0.384 e. The number of nitrogens with one attached hydrogen (secondary N) is 1. The monoisotopic (exact) mass is 254 g/mol. The number of para-hydroxylation sites is 1. The van der Waals surface area contributed by atoms with Gasteiger partial charge in [-0.25, -0.2) is 0 Å². The number of likely N-dealkylation sites (N-methyl/N-ethyl adjacent to an activating group) is 1. The SMILES string of the molecule is CN(C)CCNc1ccccc1Cc1ccccc1. The molecule has 0 bridgehead atoms. The highest BCUT2D eigenvalue weighted by molar-refractivity contribution is 5.52. The van der Waals surface area contributed by atoms with E-state index in [0.717, 1.165) is 19.5 Å². The highest BCUT2D eigenvalue weighted by Crippen LogP contribution is 2.18. The molecule has 0 aliphatic rings. The lowest BCUT2D eigenvalue weighted by Crippen LogP contribution is -2.21. The topological polar surface area (TPSA) is 15.3 Å². The fourth-order valence-electron chi connectivity index (χ4n) is 2.08. The summed E-state index contributed by atoms with van der Waals surface area (Å²) in [5.74, 6) is 0. The number of hydrogen-bond donors (Lipinski definition) is 1. The van der Waals surface area contributed by atoms with Crippen LogP contribution in [0.25, 0.3) is 0 Å². The second-order valence-electron chi connectivity index (χ2n) is 5.05. The number of hydrogen-bond acceptors (Lipinski definition) is 2. The molecular formula is C17H22N2. The molecule has 0 spiro atoms. The van der Waals surface area contributed by atoms with Crippen molar-refractivity contribution in [2.24, 2.45) is 0 Å². The van der Waals surface area contributed by atoms with E-state index in [0.29, 0.717) is 0 Å². The Balaban J connectivity index is 2.04. The van der Waals surface area contributed by atoms with Crippen molar-refractivity contribution in [2.75, 3.05) is 32.5 Å². The first-order valence-electron chi connectivity index (χ1n) is 6.76. The third kappa shape index (κ3) is 4.42. The van der Waals surface area contributed by atoms with Crippen LogP contribution in [0.2, 0.25) is 0 Å². The second-order valence-corrected chi connectivity index (χ2v) is 5.05. The molecule has 0 radical (unpaired) electrons.